The monoisotopic (exact) mass is 548 g/mol. The molecular weight excluding hydrogens is 519 g/mol. The Balaban J connectivity index is 1.46. The number of thiazole rings is 1. The number of carboxylic acids is 1. The molecule has 1 saturated heterocycles. The van der Waals surface area contributed by atoms with Crippen LogP contribution in [0, 0.1) is 11.2 Å². The van der Waals surface area contributed by atoms with Gasteiger partial charge in [-0.2, -0.15) is 0 Å². The molecule has 1 aliphatic rings. The minimum Gasteiger partial charge on any atom is -0.481 e. The second-order valence-electron chi connectivity index (χ2n) is 9.58. The molecule has 0 radical (unpaired) electrons. The first-order chi connectivity index (χ1) is 18.8. The van der Waals surface area contributed by atoms with Gasteiger partial charge >= 0.3 is 12.0 Å². The Morgan fingerprint density at radius 1 is 1.05 bits per heavy atom. The molecule has 11 heteroatoms. The Hall–Kier alpha value is -4.12. The van der Waals surface area contributed by atoms with Crippen molar-refractivity contribution in [3.05, 3.63) is 54.6 Å². The van der Waals surface area contributed by atoms with Gasteiger partial charge in [0.2, 0.25) is 5.95 Å². The number of carbonyl (C=O) groups is 2. The van der Waals surface area contributed by atoms with Crippen molar-refractivity contribution in [2.24, 2.45) is 5.41 Å². The number of hydrogen-bond acceptors (Lipinski definition) is 7. The van der Waals surface area contributed by atoms with Crippen LogP contribution in [0.1, 0.15) is 33.1 Å². The Bertz CT molecular complexity index is 1500. The van der Waals surface area contributed by atoms with Crippen LogP contribution in [0.15, 0.2) is 48.8 Å². The molecule has 1 aliphatic heterocycles. The van der Waals surface area contributed by atoms with Crippen molar-refractivity contribution in [2.45, 2.75) is 33.1 Å². The number of halogens is 1. The van der Waals surface area contributed by atoms with Gasteiger partial charge < -0.3 is 15.3 Å². The first-order valence-electron chi connectivity index (χ1n) is 12.9. The number of carboxylic acid groups (broad SMARTS) is 1. The van der Waals surface area contributed by atoms with Crippen LogP contribution in [0.5, 0.6) is 0 Å². The van der Waals surface area contributed by atoms with E-state index >= 15 is 0 Å². The normalized spacial score (nSPS) is 14.8. The van der Waals surface area contributed by atoms with E-state index in [0.717, 1.165) is 27.0 Å². The molecule has 0 unspecified atom stereocenters. The van der Waals surface area contributed by atoms with Crippen molar-refractivity contribution in [3.8, 4) is 22.3 Å². The van der Waals surface area contributed by atoms with Crippen molar-refractivity contribution in [2.75, 3.05) is 29.9 Å². The highest BCUT2D eigenvalue weighted by Gasteiger charge is 2.40. The van der Waals surface area contributed by atoms with Crippen LogP contribution in [-0.2, 0) is 4.79 Å². The van der Waals surface area contributed by atoms with Gasteiger partial charge in [-0.05, 0) is 61.6 Å². The molecule has 2 aromatic carbocycles. The van der Waals surface area contributed by atoms with Gasteiger partial charge in [-0.15, -0.1) is 0 Å². The standard InChI is InChI=1S/C28H29FN6O3S/c1-3-28(24(36)37)9-11-35(12-10-28)25-31-15-19(16-32-25)18-13-21(17-5-7-20(29)8-6-17)23-22(14-18)33-27(39-23)34-26(38)30-4-2/h5-8,13-16H,3-4,9-12H2,1-2H3,(H,36,37)(H2,30,33,34,38). The predicted molar refractivity (Wildman–Crippen MR) is 151 cm³/mol. The van der Waals surface area contributed by atoms with Gasteiger partial charge in [-0.1, -0.05) is 30.4 Å². The summed E-state index contributed by atoms with van der Waals surface area (Å²) in [7, 11) is 0. The number of benzene rings is 2. The molecule has 0 spiro atoms. The van der Waals surface area contributed by atoms with E-state index in [4.69, 9.17) is 0 Å². The Kier molecular flexibility index (Phi) is 7.42. The maximum Gasteiger partial charge on any atom is 0.321 e. The van der Waals surface area contributed by atoms with Crippen molar-refractivity contribution in [1.29, 1.82) is 0 Å². The van der Waals surface area contributed by atoms with Crippen LogP contribution in [0.4, 0.5) is 20.3 Å². The van der Waals surface area contributed by atoms with Gasteiger partial charge in [0.15, 0.2) is 5.13 Å². The van der Waals surface area contributed by atoms with E-state index in [2.05, 4.69) is 25.6 Å². The molecule has 4 aromatic rings. The fraction of sp³-hybridized carbons (Fsp3) is 0.321. The summed E-state index contributed by atoms with van der Waals surface area (Å²) in [5.41, 5.74) is 3.29. The summed E-state index contributed by atoms with van der Waals surface area (Å²) >= 11 is 1.35. The summed E-state index contributed by atoms with van der Waals surface area (Å²) in [6.07, 6.45) is 5.20. The van der Waals surface area contributed by atoms with E-state index in [9.17, 15) is 19.1 Å². The summed E-state index contributed by atoms with van der Waals surface area (Å²) in [5.74, 6) is -0.495. The average Bonchev–Trinajstić information content (AvgIpc) is 3.35. The first kappa shape index (κ1) is 26.5. The third-order valence-corrected chi connectivity index (χ3v) is 8.33. The van der Waals surface area contributed by atoms with E-state index in [1.165, 1.54) is 23.5 Å². The third kappa shape index (κ3) is 5.40. The van der Waals surface area contributed by atoms with Crippen molar-refractivity contribution >= 4 is 44.6 Å². The maximum absolute atomic E-state index is 13.7. The lowest BCUT2D eigenvalue weighted by Gasteiger charge is -2.38. The van der Waals surface area contributed by atoms with E-state index < -0.39 is 11.4 Å². The number of rotatable bonds is 7. The van der Waals surface area contributed by atoms with Crippen molar-refractivity contribution in [1.82, 2.24) is 20.3 Å². The highest BCUT2D eigenvalue weighted by molar-refractivity contribution is 7.22. The quantitative estimate of drug-likeness (QED) is 0.268. The lowest BCUT2D eigenvalue weighted by molar-refractivity contribution is -0.150. The number of carbonyl (C=O) groups excluding carboxylic acids is 1. The molecule has 3 heterocycles. The average molecular weight is 549 g/mol. The molecule has 202 valence electrons. The van der Waals surface area contributed by atoms with Crippen LogP contribution in [0.25, 0.3) is 32.5 Å². The van der Waals surface area contributed by atoms with E-state index in [1.807, 2.05) is 30.9 Å². The van der Waals surface area contributed by atoms with Crippen LogP contribution in [0.2, 0.25) is 0 Å². The number of urea groups is 1. The zero-order chi connectivity index (χ0) is 27.6. The Morgan fingerprint density at radius 2 is 1.74 bits per heavy atom. The minimum absolute atomic E-state index is 0.324. The summed E-state index contributed by atoms with van der Waals surface area (Å²) in [4.78, 5) is 39.7. The number of anilines is 2. The number of nitrogens with zero attached hydrogens (tertiary/aromatic N) is 4. The molecule has 2 aromatic heterocycles. The molecule has 39 heavy (non-hydrogen) atoms. The fourth-order valence-electron chi connectivity index (χ4n) is 4.89. The van der Waals surface area contributed by atoms with Crippen molar-refractivity contribution in [3.63, 3.8) is 0 Å². The molecule has 5 rings (SSSR count). The van der Waals surface area contributed by atoms with Gasteiger partial charge in [0.1, 0.15) is 5.82 Å². The van der Waals surface area contributed by atoms with Gasteiger partial charge in [-0.25, -0.2) is 24.1 Å². The molecule has 0 saturated carbocycles. The van der Waals surface area contributed by atoms with Gasteiger partial charge in [-0.3, -0.25) is 10.1 Å². The molecule has 0 atom stereocenters. The fourth-order valence-corrected chi connectivity index (χ4v) is 5.86. The van der Waals surface area contributed by atoms with Crippen LogP contribution in [0.3, 0.4) is 0 Å². The highest BCUT2D eigenvalue weighted by atomic mass is 32.1. The van der Waals surface area contributed by atoms with E-state index in [1.54, 1.807) is 24.5 Å². The number of piperidine rings is 1. The molecule has 0 aliphatic carbocycles. The molecule has 1 fully saturated rings. The molecule has 9 nitrogen and oxygen atoms in total. The van der Waals surface area contributed by atoms with E-state index in [-0.39, 0.29) is 11.8 Å². The highest BCUT2D eigenvalue weighted by Crippen LogP contribution is 2.39. The number of hydrogen-bond donors (Lipinski definition) is 3. The summed E-state index contributed by atoms with van der Waals surface area (Å²) < 4.78 is 14.5. The lowest BCUT2D eigenvalue weighted by atomic mass is 9.76. The van der Waals surface area contributed by atoms with Gasteiger partial charge in [0, 0.05) is 43.2 Å². The molecule has 3 N–H and O–H groups in total. The zero-order valence-corrected chi connectivity index (χ0v) is 22.5. The smallest absolute Gasteiger partial charge is 0.321 e. The van der Waals surface area contributed by atoms with Crippen molar-refractivity contribution < 1.29 is 19.1 Å². The van der Waals surface area contributed by atoms with Gasteiger partial charge in [0.25, 0.3) is 0 Å². The summed E-state index contributed by atoms with van der Waals surface area (Å²) in [6, 6.07) is 9.84. The van der Waals surface area contributed by atoms with Crippen LogP contribution < -0.4 is 15.5 Å². The SMILES string of the molecule is CCNC(=O)Nc1nc2cc(-c3cnc(N4CCC(CC)(C(=O)O)CC4)nc3)cc(-c3ccc(F)cc3)c2s1. The second-order valence-corrected chi connectivity index (χ2v) is 10.6. The summed E-state index contributed by atoms with van der Waals surface area (Å²) in [5, 5.41) is 15.6. The maximum atomic E-state index is 13.7. The first-order valence-corrected chi connectivity index (χ1v) is 13.7. The Morgan fingerprint density at radius 3 is 2.36 bits per heavy atom. The molecular formula is C28H29FN6O3S. The summed E-state index contributed by atoms with van der Waals surface area (Å²) in [6.45, 7) is 5.42. The second kappa shape index (κ2) is 10.9. The number of aliphatic carboxylic acids is 1. The number of amides is 2. The number of nitrogens with one attached hydrogen (secondary N) is 2. The number of fused-ring (bicyclic) bond motifs is 1. The third-order valence-electron chi connectivity index (χ3n) is 7.31. The van der Waals surface area contributed by atoms with Crippen LogP contribution >= 0.6 is 11.3 Å². The largest absolute Gasteiger partial charge is 0.481 e. The number of aromatic nitrogens is 3. The zero-order valence-electron chi connectivity index (χ0n) is 21.7. The van der Waals surface area contributed by atoms with E-state index in [0.29, 0.717) is 55.5 Å². The molecule has 2 amide bonds. The lowest BCUT2D eigenvalue weighted by Crippen LogP contribution is -2.44. The predicted octanol–water partition coefficient (Wildman–Crippen LogP) is 5.78. The molecule has 0 bridgehead atoms. The topological polar surface area (TPSA) is 120 Å². The minimum atomic E-state index is -0.736. The van der Waals surface area contributed by atoms with Crippen LogP contribution in [-0.4, -0.2) is 51.7 Å². The van der Waals surface area contributed by atoms with Gasteiger partial charge in [0.05, 0.1) is 15.6 Å². The Labute approximate surface area is 229 Å².